The van der Waals surface area contributed by atoms with E-state index in [9.17, 15) is 4.79 Å². The lowest BCUT2D eigenvalue weighted by Gasteiger charge is -2.25. The molecule has 2 nitrogen and oxygen atoms in total. The van der Waals surface area contributed by atoms with E-state index in [2.05, 4.69) is 34.6 Å². The molecule has 0 radical (unpaired) electrons. The van der Waals surface area contributed by atoms with Crippen LogP contribution < -0.4 is 0 Å². The molecule has 2 heteroatoms. The van der Waals surface area contributed by atoms with Crippen molar-refractivity contribution in [2.45, 2.75) is 66.4 Å². The number of hydrogen-bond acceptors (Lipinski definition) is 2. The lowest BCUT2D eigenvalue weighted by Crippen LogP contribution is -2.28. The summed E-state index contributed by atoms with van der Waals surface area (Å²) in [5.41, 5.74) is 1.27. The largest absolute Gasteiger partial charge is 0.459 e. The quantitative estimate of drug-likeness (QED) is 0.549. The fourth-order valence-corrected chi connectivity index (χ4v) is 2.65. The third-order valence-electron chi connectivity index (χ3n) is 3.80. The molecule has 0 saturated heterocycles. The molecule has 1 rings (SSSR count). The summed E-state index contributed by atoms with van der Waals surface area (Å²) < 4.78 is 5.59. The van der Waals surface area contributed by atoms with Gasteiger partial charge in [0, 0.05) is 6.08 Å². The summed E-state index contributed by atoms with van der Waals surface area (Å²) in [6.45, 7) is 10.7. The van der Waals surface area contributed by atoms with E-state index < -0.39 is 0 Å². The van der Waals surface area contributed by atoms with Crippen LogP contribution >= 0.6 is 0 Å². The van der Waals surface area contributed by atoms with E-state index in [1.165, 1.54) is 18.4 Å². The van der Waals surface area contributed by atoms with E-state index in [0.29, 0.717) is 11.8 Å². The Morgan fingerprint density at radius 1 is 1.17 bits per heavy atom. The van der Waals surface area contributed by atoms with Gasteiger partial charge in [-0.1, -0.05) is 40.2 Å². The van der Waals surface area contributed by atoms with Crippen molar-refractivity contribution in [2.75, 3.05) is 0 Å². The predicted octanol–water partition coefficient (Wildman–Crippen LogP) is 4.35. The van der Waals surface area contributed by atoms with E-state index in [1.54, 1.807) is 6.08 Å². The van der Waals surface area contributed by atoms with Crippen molar-refractivity contribution in [2.24, 2.45) is 17.8 Å². The van der Waals surface area contributed by atoms with Crippen molar-refractivity contribution in [3.8, 4) is 0 Å². The molecule has 0 amide bonds. The van der Waals surface area contributed by atoms with Crippen LogP contribution in [-0.2, 0) is 9.53 Å². The Balaban J connectivity index is 2.52. The van der Waals surface area contributed by atoms with Crippen LogP contribution in [0, 0.1) is 17.8 Å². The van der Waals surface area contributed by atoms with Gasteiger partial charge in [0.05, 0.1) is 0 Å². The van der Waals surface area contributed by atoms with Gasteiger partial charge in [0.15, 0.2) is 0 Å². The number of esters is 1. The minimum Gasteiger partial charge on any atom is -0.459 e. The van der Waals surface area contributed by atoms with Gasteiger partial charge in [-0.05, 0) is 43.4 Å². The van der Waals surface area contributed by atoms with E-state index in [4.69, 9.17) is 4.74 Å². The molecule has 0 N–H and O–H groups in total. The number of hydrogen-bond donors (Lipinski definition) is 0. The van der Waals surface area contributed by atoms with Crippen LogP contribution in [-0.4, -0.2) is 12.1 Å². The van der Waals surface area contributed by atoms with Crippen molar-refractivity contribution in [3.05, 3.63) is 11.6 Å². The number of ether oxygens (including phenoxy) is 1. The van der Waals surface area contributed by atoms with Gasteiger partial charge in [-0.2, -0.15) is 0 Å². The molecular weight excluding hydrogens is 224 g/mol. The third kappa shape index (κ3) is 4.83. The van der Waals surface area contributed by atoms with Gasteiger partial charge in [0.2, 0.25) is 0 Å². The molecule has 0 unspecified atom stereocenters. The average Bonchev–Trinajstić information content (AvgIpc) is 2.28. The highest BCUT2D eigenvalue weighted by Crippen LogP contribution is 2.27. The summed E-state index contributed by atoms with van der Waals surface area (Å²) in [4.78, 5) is 11.9. The fraction of sp³-hybridized carbons (Fsp3) is 0.812. The Kier molecular flexibility index (Phi) is 5.90. The van der Waals surface area contributed by atoms with Crippen LogP contribution in [0.25, 0.3) is 0 Å². The van der Waals surface area contributed by atoms with E-state index in [1.807, 2.05) is 0 Å². The molecule has 1 aliphatic carbocycles. The Morgan fingerprint density at radius 3 is 2.11 bits per heavy atom. The molecular formula is C16H28O2. The summed E-state index contributed by atoms with van der Waals surface area (Å²) in [5, 5.41) is 0. The molecule has 0 aromatic rings. The van der Waals surface area contributed by atoms with Crippen molar-refractivity contribution < 1.29 is 9.53 Å². The molecule has 104 valence electrons. The first-order chi connectivity index (χ1) is 8.40. The number of allylic oxidation sites excluding steroid dienone is 1. The molecule has 18 heavy (non-hydrogen) atoms. The van der Waals surface area contributed by atoms with Crippen LogP contribution in [0.2, 0.25) is 0 Å². The molecule has 0 aliphatic heterocycles. The first-order valence-corrected chi connectivity index (χ1v) is 7.30. The Hall–Kier alpha value is -0.790. The fourth-order valence-electron chi connectivity index (χ4n) is 2.65. The van der Waals surface area contributed by atoms with Crippen molar-refractivity contribution in [1.29, 1.82) is 0 Å². The second-order valence-electron chi connectivity index (χ2n) is 6.37. The maximum Gasteiger partial charge on any atom is 0.330 e. The number of rotatable bonds is 4. The highest BCUT2D eigenvalue weighted by Gasteiger charge is 2.21. The van der Waals surface area contributed by atoms with Gasteiger partial charge in [-0.15, -0.1) is 0 Å². The molecule has 0 spiro atoms. The zero-order valence-electron chi connectivity index (χ0n) is 12.5. The number of carbonyl (C=O) groups excluding carboxylic acids is 1. The molecule has 0 bridgehead atoms. The van der Waals surface area contributed by atoms with Gasteiger partial charge in [-0.25, -0.2) is 4.79 Å². The van der Waals surface area contributed by atoms with Gasteiger partial charge in [0.25, 0.3) is 0 Å². The predicted molar refractivity (Wildman–Crippen MR) is 75.3 cm³/mol. The van der Waals surface area contributed by atoms with E-state index in [-0.39, 0.29) is 12.1 Å². The van der Waals surface area contributed by atoms with Crippen LogP contribution in [0.1, 0.15) is 60.3 Å². The third-order valence-corrected chi connectivity index (χ3v) is 3.80. The highest BCUT2D eigenvalue weighted by atomic mass is 16.5. The first kappa shape index (κ1) is 15.3. The second-order valence-corrected chi connectivity index (χ2v) is 6.37. The van der Waals surface area contributed by atoms with Crippen molar-refractivity contribution in [3.63, 3.8) is 0 Å². The molecule has 1 aliphatic rings. The van der Waals surface area contributed by atoms with Crippen LogP contribution in [0.3, 0.4) is 0 Å². The zero-order chi connectivity index (χ0) is 13.7. The topological polar surface area (TPSA) is 26.3 Å². The maximum absolute atomic E-state index is 11.9. The Bertz CT molecular complexity index is 284. The average molecular weight is 252 g/mol. The lowest BCUT2D eigenvalue weighted by atomic mass is 9.87. The van der Waals surface area contributed by atoms with Crippen LogP contribution in [0.4, 0.5) is 0 Å². The zero-order valence-corrected chi connectivity index (χ0v) is 12.5. The lowest BCUT2D eigenvalue weighted by molar-refractivity contribution is -0.147. The Morgan fingerprint density at radius 2 is 1.67 bits per heavy atom. The summed E-state index contributed by atoms with van der Waals surface area (Å²) in [5.74, 6) is 1.40. The maximum atomic E-state index is 11.9. The van der Waals surface area contributed by atoms with Gasteiger partial charge < -0.3 is 4.74 Å². The minimum absolute atomic E-state index is 0.0249. The summed E-state index contributed by atoms with van der Waals surface area (Å²) in [7, 11) is 0. The molecule has 1 fully saturated rings. The van der Waals surface area contributed by atoms with Crippen LogP contribution in [0.15, 0.2) is 11.6 Å². The minimum atomic E-state index is -0.146. The highest BCUT2D eigenvalue weighted by molar-refractivity contribution is 5.83. The van der Waals surface area contributed by atoms with Crippen LogP contribution in [0.5, 0.6) is 0 Å². The van der Waals surface area contributed by atoms with Gasteiger partial charge >= 0.3 is 5.97 Å². The molecule has 0 atom stereocenters. The molecule has 0 heterocycles. The summed E-state index contributed by atoms with van der Waals surface area (Å²) in [6, 6.07) is 0. The SMILES string of the molecule is CC1CCC(=CC(=O)OC(C(C)C)C(C)C)CC1. The summed E-state index contributed by atoms with van der Waals surface area (Å²) in [6.07, 6.45) is 6.29. The second kappa shape index (κ2) is 6.96. The molecule has 0 aromatic heterocycles. The van der Waals surface area contributed by atoms with Crippen molar-refractivity contribution in [1.82, 2.24) is 0 Å². The normalized spacial score (nSPS) is 20.7. The van der Waals surface area contributed by atoms with E-state index >= 15 is 0 Å². The standard InChI is InChI=1S/C16H28O2/c1-11(2)16(12(3)4)18-15(17)10-14-8-6-13(5)7-9-14/h10-13,16H,6-9H2,1-5H3. The molecule has 0 aromatic carbocycles. The van der Waals surface area contributed by atoms with Gasteiger partial charge in [0.1, 0.15) is 6.10 Å². The van der Waals surface area contributed by atoms with Crippen molar-refractivity contribution >= 4 is 5.97 Å². The monoisotopic (exact) mass is 252 g/mol. The molecule has 1 saturated carbocycles. The van der Waals surface area contributed by atoms with E-state index in [0.717, 1.165) is 18.8 Å². The Labute approximate surface area is 112 Å². The summed E-state index contributed by atoms with van der Waals surface area (Å²) >= 11 is 0. The van der Waals surface area contributed by atoms with Gasteiger partial charge in [-0.3, -0.25) is 0 Å². The smallest absolute Gasteiger partial charge is 0.330 e. The number of carbonyl (C=O) groups is 1. The first-order valence-electron chi connectivity index (χ1n) is 7.30.